The van der Waals surface area contributed by atoms with Crippen molar-refractivity contribution in [2.45, 2.75) is 121 Å². The number of benzene rings is 1. The number of aromatic nitrogens is 2. The van der Waals surface area contributed by atoms with Crippen LogP contribution in [0, 0.1) is 19.8 Å². The number of aliphatic hydroxyl groups excluding tert-OH is 1. The van der Waals surface area contributed by atoms with E-state index in [1.54, 1.807) is 16.4 Å². The number of aliphatic hydroxyl groups is 1. The monoisotopic (exact) mass is 740 g/mol. The molecule has 0 radical (unpaired) electrons. The summed E-state index contributed by atoms with van der Waals surface area (Å²) < 4.78 is 29.4. The molecule has 1 saturated carbocycles. The number of likely N-dealkylation sites (tertiary alicyclic amines) is 1. The molecule has 2 amide bonds. The average Bonchev–Trinajstić information content (AvgIpc) is 3.73. The molecule has 0 unspecified atom stereocenters. The predicted molar refractivity (Wildman–Crippen MR) is 194 cm³/mol. The Bertz CT molecular complexity index is 1550. The smallest absolute Gasteiger partial charge is 0.248 e. The van der Waals surface area contributed by atoms with E-state index in [1.807, 2.05) is 35.6 Å². The lowest BCUT2D eigenvalue weighted by molar-refractivity contribution is -0.166. The van der Waals surface area contributed by atoms with Crippen LogP contribution in [0.4, 0.5) is 0 Å². The molecule has 4 aliphatic rings. The number of piperazine rings is 1. The number of piperidine rings is 1. The molecular weight excluding hydrogens is 687 g/mol. The van der Waals surface area contributed by atoms with Crippen molar-refractivity contribution in [2.75, 3.05) is 32.7 Å². The first-order valence-corrected chi connectivity index (χ1v) is 19.2. The quantitative estimate of drug-likeness (QED) is 0.367. The van der Waals surface area contributed by atoms with E-state index < -0.39 is 27.7 Å². The first-order valence-electron chi connectivity index (χ1n) is 17.8. The van der Waals surface area contributed by atoms with Crippen LogP contribution < -0.4 is 5.32 Å². The Morgan fingerprint density at radius 3 is 2.20 bits per heavy atom. The van der Waals surface area contributed by atoms with Crippen LogP contribution in [0.1, 0.15) is 94.5 Å². The molecule has 3 saturated heterocycles. The Labute approximate surface area is 304 Å². The van der Waals surface area contributed by atoms with E-state index in [9.17, 15) is 23.1 Å². The van der Waals surface area contributed by atoms with Crippen molar-refractivity contribution in [3.05, 3.63) is 41.2 Å². The maximum Gasteiger partial charge on any atom is 0.248 e. The lowest BCUT2D eigenvalue weighted by atomic mass is 9.78. The number of rotatable bonds is 10. The molecular formula is C35H54Cl2N6O5S. The largest absolute Gasteiger partial charge is 0.390 e. The van der Waals surface area contributed by atoms with Crippen molar-refractivity contribution >= 4 is 46.7 Å². The van der Waals surface area contributed by atoms with Gasteiger partial charge in [-0.1, -0.05) is 32.6 Å². The number of unbranched alkanes of at least 4 members (excludes halogenated alkanes) is 1. The second-order valence-electron chi connectivity index (χ2n) is 14.2. The Balaban J connectivity index is 0.00000270. The van der Waals surface area contributed by atoms with Crippen LogP contribution >= 0.6 is 24.8 Å². The summed E-state index contributed by atoms with van der Waals surface area (Å²) in [7, 11) is -3.48. The lowest BCUT2D eigenvalue weighted by Crippen LogP contribution is -2.75. The molecule has 6 rings (SSSR count). The molecule has 274 valence electrons. The molecule has 2 atom stereocenters. The second-order valence-corrected chi connectivity index (χ2v) is 16.1. The Morgan fingerprint density at radius 2 is 1.59 bits per heavy atom. The minimum atomic E-state index is -3.48. The fourth-order valence-corrected chi connectivity index (χ4v) is 9.77. The number of carbonyl (C=O) groups is 2. The zero-order chi connectivity index (χ0) is 33.3. The maximum absolute atomic E-state index is 14.0. The first-order chi connectivity index (χ1) is 22.6. The van der Waals surface area contributed by atoms with Crippen LogP contribution in [-0.4, -0.2) is 99.6 Å². The minimum Gasteiger partial charge on any atom is -0.390 e. The van der Waals surface area contributed by atoms with Crippen molar-refractivity contribution in [1.82, 2.24) is 29.2 Å². The molecule has 1 aromatic carbocycles. The molecule has 11 nitrogen and oxygen atoms in total. The van der Waals surface area contributed by atoms with Gasteiger partial charge in [0, 0.05) is 50.5 Å². The fourth-order valence-electron chi connectivity index (χ4n) is 8.25. The maximum atomic E-state index is 14.0. The van der Waals surface area contributed by atoms with E-state index >= 15 is 0 Å². The lowest BCUT2D eigenvalue weighted by Gasteiger charge is -2.52. The van der Waals surface area contributed by atoms with Gasteiger partial charge in [-0.05, 0) is 89.0 Å². The zero-order valence-corrected chi connectivity index (χ0v) is 31.6. The molecule has 3 aliphatic heterocycles. The Kier molecular flexibility index (Phi) is 13.3. The number of nitrogens with zero attached hydrogens (tertiary/aromatic N) is 5. The zero-order valence-electron chi connectivity index (χ0n) is 29.1. The number of carbonyl (C=O) groups excluding carboxylic acids is 2. The van der Waals surface area contributed by atoms with E-state index in [2.05, 4.69) is 17.1 Å². The third kappa shape index (κ3) is 7.70. The normalized spacial score (nSPS) is 22.9. The van der Waals surface area contributed by atoms with Gasteiger partial charge in [0.25, 0.3) is 0 Å². The highest BCUT2D eigenvalue weighted by molar-refractivity contribution is 7.89. The van der Waals surface area contributed by atoms with Gasteiger partial charge < -0.3 is 15.3 Å². The van der Waals surface area contributed by atoms with Gasteiger partial charge in [-0.3, -0.25) is 14.5 Å². The number of aryl methyl sites for hydroxylation is 1. The molecule has 1 spiro atoms. The number of amides is 2. The van der Waals surface area contributed by atoms with E-state index in [1.165, 1.54) is 0 Å². The summed E-state index contributed by atoms with van der Waals surface area (Å²) in [6, 6.07) is 6.11. The van der Waals surface area contributed by atoms with Crippen molar-refractivity contribution < 1.29 is 23.1 Å². The predicted octanol–water partition coefficient (Wildman–Crippen LogP) is 4.52. The molecule has 1 aliphatic carbocycles. The summed E-state index contributed by atoms with van der Waals surface area (Å²) in [5.41, 5.74) is 2.93. The topological polar surface area (TPSA) is 128 Å². The average molecular weight is 742 g/mol. The Hall–Kier alpha value is -2.22. The number of nitrogens with one attached hydrogen (secondary N) is 1. The van der Waals surface area contributed by atoms with Gasteiger partial charge in [-0.25, -0.2) is 13.1 Å². The summed E-state index contributed by atoms with van der Waals surface area (Å²) in [6.45, 7) is 9.78. The molecule has 4 fully saturated rings. The van der Waals surface area contributed by atoms with Gasteiger partial charge >= 0.3 is 0 Å². The minimum absolute atomic E-state index is 0. The van der Waals surface area contributed by atoms with E-state index in [4.69, 9.17) is 5.10 Å². The van der Waals surface area contributed by atoms with Gasteiger partial charge in [0.05, 0.1) is 22.4 Å². The van der Waals surface area contributed by atoms with Gasteiger partial charge in [-0.2, -0.15) is 9.40 Å². The highest BCUT2D eigenvalue weighted by atomic mass is 35.5. The Morgan fingerprint density at radius 1 is 0.959 bits per heavy atom. The van der Waals surface area contributed by atoms with Crippen LogP contribution in [0.3, 0.4) is 0 Å². The standard InChI is InChI=1S/C35H52N6O5S.2ClH/c1-4-5-21-40-33(43)31(32(42)27-11-7-6-8-12-27)36-34(44)35(40)17-22-38(23-18-35)24-30-25(2)37-41(26(30)3)28-13-15-29(16-14-28)47(45,46)39-19-9-10-20-39;;/h13-16,27,31-32,42H,4-12,17-24H2,1-3H3,(H,36,44);2*1H/t31-,32-;;/m1../s1. The third-order valence-corrected chi connectivity index (χ3v) is 13.2. The van der Waals surface area contributed by atoms with E-state index in [-0.39, 0.29) is 42.5 Å². The van der Waals surface area contributed by atoms with Crippen LogP contribution in [0.15, 0.2) is 29.2 Å². The molecule has 2 aromatic rings. The summed E-state index contributed by atoms with van der Waals surface area (Å²) in [5.74, 6) is -0.199. The molecule has 14 heteroatoms. The first kappa shape index (κ1) is 39.6. The number of hydrogen-bond acceptors (Lipinski definition) is 7. The number of sulfonamides is 1. The number of halogens is 2. The van der Waals surface area contributed by atoms with Crippen LogP contribution in [0.25, 0.3) is 5.69 Å². The number of hydrogen-bond donors (Lipinski definition) is 2. The fraction of sp³-hybridized carbons (Fsp3) is 0.686. The van der Waals surface area contributed by atoms with Gasteiger partial charge in [0.2, 0.25) is 21.8 Å². The molecule has 2 N–H and O–H groups in total. The van der Waals surface area contributed by atoms with Crippen LogP contribution in [-0.2, 0) is 26.2 Å². The van der Waals surface area contributed by atoms with Gasteiger partial charge in [-0.15, -0.1) is 24.8 Å². The summed E-state index contributed by atoms with van der Waals surface area (Å²) in [4.78, 5) is 32.3. The van der Waals surface area contributed by atoms with Crippen LogP contribution in [0.5, 0.6) is 0 Å². The molecule has 4 heterocycles. The molecule has 1 aromatic heterocycles. The summed E-state index contributed by atoms with van der Waals surface area (Å²) in [5, 5.41) is 19.1. The molecule has 0 bridgehead atoms. The van der Waals surface area contributed by atoms with Gasteiger partial charge in [0.15, 0.2) is 0 Å². The summed E-state index contributed by atoms with van der Waals surface area (Å²) >= 11 is 0. The van der Waals surface area contributed by atoms with Crippen molar-refractivity contribution in [2.24, 2.45) is 5.92 Å². The van der Waals surface area contributed by atoms with E-state index in [0.29, 0.717) is 57.0 Å². The van der Waals surface area contributed by atoms with Gasteiger partial charge in [0.1, 0.15) is 11.6 Å². The SMILES string of the molecule is CCCCN1C(=O)[C@@H]([C@H](O)C2CCCCC2)NC(=O)C12CCN(Cc1c(C)nn(-c3ccc(S(=O)(=O)N4CCCC4)cc3)c1C)CC2.Cl.Cl. The highest BCUT2D eigenvalue weighted by Crippen LogP contribution is 2.37. The third-order valence-electron chi connectivity index (χ3n) is 11.3. The van der Waals surface area contributed by atoms with Crippen molar-refractivity contribution in [3.63, 3.8) is 0 Å². The van der Waals surface area contributed by atoms with Crippen molar-refractivity contribution in [3.8, 4) is 5.69 Å². The molecule has 49 heavy (non-hydrogen) atoms. The summed E-state index contributed by atoms with van der Waals surface area (Å²) in [6.07, 6.45) is 8.85. The second kappa shape index (κ2) is 16.4. The van der Waals surface area contributed by atoms with Crippen molar-refractivity contribution in [1.29, 1.82) is 0 Å². The van der Waals surface area contributed by atoms with Crippen LogP contribution in [0.2, 0.25) is 0 Å². The highest BCUT2D eigenvalue weighted by Gasteiger charge is 2.55. The van der Waals surface area contributed by atoms with E-state index in [0.717, 1.165) is 80.4 Å².